The smallest absolute Gasteiger partial charge is 0.000702 e. The van der Waals surface area contributed by atoms with Crippen molar-refractivity contribution in [2.24, 2.45) is 11.8 Å². The Labute approximate surface area is 94.5 Å². The first-order valence-corrected chi connectivity index (χ1v) is 6.69. The molecule has 0 radical (unpaired) electrons. The van der Waals surface area contributed by atoms with Crippen LogP contribution in [0.15, 0.2) is 23.3 Å². The molecule has 15 heavy (non-hydrogen) atoms. The molecule has 0 N–H and O–H groups in total. The fraction of sp³-hybridized carbons (Fsp3) is 0.733. The number of hydrogen-bond acceptors (Lipinski definition) is 0. The highest BCUT2D eigenvalue weighted by Gasteiger charge is 2.25. The van der Waals surface area contributed by atoms with Crippen molar-refractivity contribution in [2.75, 3.05) is 0 Å². The number of hydrogen-bond donors (Lipinski definition) is 0. The van der Waals surface area contributed by atoms with Crippen LogP contribution in [-0.2, 0) is 0 Å². The summed E-state index contributed by atoms with van der Waals surface area (Å²) in [5.74, 6) is 1.70. The Kier molecular flexibility index (Phi) is 3.66. The monoisotopic (exact) mass is 204 g/mol. The van der Waals surface area contributed by atoms with E-state index in [1.165, 1.54) is 44.9 Å². The van der Waals surface area contributed by atoms with Crippen LogP contribution in [0, 0.1) is 11.8 Å². The summed E-state index contributed by atoms with van der Waals surface area (Å²) < 4.78 is 0. The van der Waals surface area contributed by atoms with Gasteiger partial charge >= 0.3 is 0 Å². The molecule has 0 aromatic heterocycles. The molecule has 0 amide bonds. The van der Waals surface area contributed by atoms with Crippen molar-refractivity contribution in [3.63, 3.8) is 0 Å². The van der Waals surface area contributed by atoms with Gasteiger partial charge in [-0.25, -0.2) is 0 Å². The third-order valence-corrected chi connectivity index (χ3v) is 4.22. The minimum absolute atomic E-state index is 0.809. The van der Waals surface area contributed by atoms with E-state index in [0.29, 0.717) is 0 Å². The molecular formula is C15H24. The van der Waals surface area contributed by atoms with E-state index in [1.807, 2.05) is 0 Å². The lowest BCUT2D eigenvalue weighted by Gasteiger charge is -2.32. The maximum absolute atomic E-state index is 2.56. The van der Waals surface area contributed by atoms with E-state index in [9.17, 15) is 0 Å². The van der Waals surface area contributed by atoms with Gasteiger partial charge in [0.1, 0.15) is 0 Å². The van der Waals surface area contributed by atoms with E-state index in [1.54, 1.807) is 11.1 Å². The summed E-state index contributed by atoms with van der Waals surface area (Å²) in [4.78, 5) is 0. The van der Waals surface area contributed by atoms with Crippen LogP contribution in [0.2, 0.25) is 0 Å². The summed E-state index contributed by atoms with van der Waals surface area (Å²) in [6.07, 6.45) is 14.7. The van der Waals surface area contributed by atoms with Crippen molar-refractivity contribution in [3.8, 4) is 0 Å². The lowest BCUT2D eigenvalue weighted by molar-refractivity contribution is 0.427. The summed E-state index contributed by atoms with van der Waals surface area (Å²) in [6.45, 7) is 4.69. The van der Waals surface area contributed by atoms with Gasteiger partial charge < -0.3 is 0 Å². The van der Waals surface area contributed by atoms with Gasteiger partial charge in [-0.1, -0.05) is 30.2 Å². The summed E-state index contributed by atoms with van der Waals surface area (Å²) in [6, 6.07) is 0. The Balaban J connectivity index is 2.16. The molecule has 84 valence electrons. The molecule has 0 heterocycles. The average Bonchev–Trinajstić information content (AvgIpc) is 2.30. The van der Waals surface area contributed by atoms with E-state index < -0.39 is 0 Å². The highest BCUT2D eigenvalue weighted by atomic mass is 14.3. The second-order valence-corrected chi connectivity index (χ2v) is 5.17. The molecule has 2 aliphatic carbocycles. The van der Waals surface area contributed by atoms with Crippen LogP contribution in [0.1, 0.15) is 58.8 Å². The maximum atomic E-state index is 2.56. The highest BCUT2D eigenvalue weighted by molar-refractivity contribution is 5.25. The maximum Gasteiger partial charge on any atom is 0.000702 e. The largest absolute Gasteiger partial charge is 0.0850 e. The first kappa shape index (κ1) is 11.0. The zero-order chi connectivity index (χ0) is 10.7. The second-order valence-electron chi connectivity index (χ2n) is 5.17. The van der Waals surface area contributed by atoms with E-state index in [0.717, 1.165) is 11.8 Å². The molecule has 0 heteroatoms. The fourth-order valence-electron chi connectivity index (χ4n) is 3.28. The average molecular weight is 204 g/mol. The van der Waals surface area contributed by atoms with Crippen LogP contribution in [0.25, 0.3) is 0 Å². The highest BCUT2D eigenvalue weighted by Crippen LogP contribution is 2.39. The van der Waals surface area contributed by atoms with Crippen LogP contribution in [0.5, 0.6) is 0 Å². The molecule has 0 saturated heterocycles. The Morgan fingerprint density at radius 3 is 2.60 bits per heavy atom. The van der Waals surface area contributed by atoms with Gasteiger partial charge in [0.05, 0.1) is 0 Å². The van der Waals surface area contributed by atoms with Gasteiger partial charge in [-0.3, -0.25) is 0 Å². The minimum atomic E-state index is 0.809. The predicted octanol–water partition coefficient (Wildman–Crippen LogP) is 4.87. The van der Waals surface area contributed by atoms with E-state index >= 15 is 0 Å². The molecule has 0 spiro atoms. The van der Waals surface area contributed by atoms with Crippen LogP contribution >= 0.6 is 0 Å². The molecule has 0 bridgehead atoms. The van der Waals surface area contributed by atoms with Gasteiger partial charge in [0.2, 0.25) is 0 Å². The van der Waals surface area contributed by atoms with Crippen LogP contribution in [0.4, 0.5) is 0 Å². The molecule has 2 unspecified atom stereocenters. The normalized spacial score (nSPS) is 32.1. The van der Waals surface area contributed by atoms with Crippen molar-refractivity contribution in [1.29, 1.82) is 0 Å². The summed E-state index contributed by atoms with van der Waals surface area (Å²) in [5, 5.41) is 0. The van der Waals surface area contributed by atoms with E-state index in [-0.39, 0.29) is 0 Å². The molecule has 0 aromatic carbocycles. The zero-order valence-corrected chi connectivity index (χ0v) is 10.3. The second kappa shape index (κ2) is 5.01. The van der Waals surface area contributed by atoms with Crippen molar-refractivity contribution in [2.45, 2.75) is 58.8 Å². The van der Waals surface area contributed by atoms with Gasteiger partial charge in [0.15, 0.2) is 0 Å². The first-order chi connectivity index (χ1) is 7.33. The van der Waals surface area contributed by atoms with Crippen LogP contribution < -0.4 is 0 Å². The minimum Gasteiger partial charge on any atom is -0.0850 e. The van der Waals surface area contributed by atoms with Crippen molar-refractivity contribution in [3.05, 3.63) is 23.3 Å². The lowest BCUT2D eigenvalue weighted by atomic mass is 9.73. The van der Waals surface area contributed by atoms with Crippen molar-refractivity contribution in [1.82, 2.24) is 0 Å². The Morgan fingerprint density at radius 2 is 1.87 bits per heavy atom. The van der Waals surface area contributed by atoms with Crippen LogP contribution in [0.3, 0.4) is 0 Å². The topological polar surface area (TPSA) is 0 Å². The molecule has 0 aromatic rings. The fourth-order valence-corrected chi connectivity index (χ4v) is 3.28. The SMILES string of the molecule is CCC1CCCC=C1C1CCCC=C1C. The van der Waals surface area contributed by atoms with E-state index in [2.05, 4.69) is 26.0 Å². The molecule has 2 rings (SSSR count). The van der Waals surface area contributed by atoms with Crippen molar-refractivity contribution < 1.29 is 0 Å². The number of rotatable bonds is 2. The Bertz CT molecular complexity index is 270. The summed E-state index contributed by atoms with van der Waals surface area (Å²) >= 11 is 0. The molecular weight excluding hydrogens is 180 g/mol. The van der Waals surface area contributed by atoms with Gasteiger partial charge in [0, 0.05) is 5.92 Å². The van der Waals surface area contributed by atoms with Crippen LogP contribution in [-0.4, -0.2) is 0 Å². The Hall–Kier alpha value is -0.520. The van der Waals surface area contributed by atoms with E-state index in [4.69, 9.17) is 0 Å². The van der Waals surface area contributed by atoms with Crippen molar-refractivity contribution >= 4 is 0 Å². The summed E-state index contributed by atoms with van der Waals surface area (Å²) in [7, 11) is 0. The van der Waals surface area contributed by atoms with Gasteiger partial charge in [-0.05, 0) is 57.8 Å². The van der Waals surface area contributed by atoms with Gasteiger partial charge in [-0.15, -0.1) is 0 Å². The molecule has 2 aliphatic rings. The molecule has 2 atom stereocenters. The van der Waals surface area contributed by atoms with Gasteiger partial charge in [-0.2, -0.15) is 0 Å². The number of allylic oxidation sites excluding steroid dienone is 4. The molecule has 0 saturated carbocycles. The first-order valence-electron chi connectivity index (χ1n) is 6.69. The quantitative estimate of drug-likeness (QED) is 0.563. The Morgan fingerprint density at radius 1 is 1.13 bits per heavy atom. The molecule has 0 nitrogen and oxygen atoms in total. The standard InChI is InChI=1S/C15H24/c1-3-13-9-5-7-11-15(13)14-10-6-4-8-12(14)2/h8,11,13-14H,3-7,9-10H2,1-2H3. The third-order valence-electron chi connectivity index (χ3n) is 4.22. The molecule has 0 fully saturated rings. The predicted molar refractivity (Wildman–Crippen MR) is 66.8 cm³/mol. The summed E-state index contributed by atoms with van der Waals surface area (Å²) in [5.41, 5.74) is 3.44. The lowest BCUT2D eigenvalue weighted by Crippen LogP contribution is -2.18. The zero-order valence-electron chi connectivity index (χ0n) is 10.3. The van der Waals surface area contributed by atoms with Gasteiger partial charge in [0.25, 0.3) is 0 Å². The third kappa shape index (κ3) is 2.35. The molecule has 0 aliphatic heterocycles.